The number of aliphatic hydroxyl groups excluding tert-OH is 1. The fourth-order valence-corrected chi connectivity index (χ4v) is 3.34. The second kappa shape index (κ2) is 8.42. The van der Waals surface area contributed by atoms with Gasteiger partial charge in [0.15, 0.2) is 0 Å². The van der Waals surface area contributed by atoms with Gasteiger partial charge in [0.25, 0.3) is 17.4 Å². The predicted octanol–water partition coefficient (Wildman–Crippen LogP) is 2.72. The summed E-state index contributed by atoms with van der Waals surface area (Å²) in [5.74, 6) is -2.69. The van der Waals surface area contributed by atoms with Crippen molar-refractivity contribution in [3.8, 4) is 0 Å². The van der Waals surface area contributed by atoms with Crippen molar-refractivity contribution < 1.29 is 24.0 Å². The van der Waals surface area contributed by atoms with Gasteiger partial charge in [-0.1, -0.05) is 12.1 Å². The van der Waals surface area contributed by atoms with Crippen molar-refractivity contribution in [3.05, 3.63) is 81.2 Å². The number of Topliss-reactive ketones (excluding diaryl/α,β-unsaturated/α-hetero) is 1. The summed E-state index contributed by atoms with van der Waals surface area (Å²) in [5, 5.41) is 22.0. The van der Waals surface area contributed by atoms with Crippen molar-refractivity contribution >= 4 is 23.1 Å². The number of hydrogen-bond acceptors (Lipinski definition) is 6. The van der Waals surface area contributed by atoms with Crippen LogP contribution in [0.3, 0.4) is 0 Å². The molecule has 0 unspecified atom stereocenters. The van der Waals surface area contributed by atoms with Crippen molar-refractivity contribution in [2.24, 2.45) is 0 Å². The molecule has 1 fully saturated rings. The van der Waals surface area contributed by atoms with Gasteiger partial charge < -0.3 is 14.9 Å². The van der Waals surface area contributed by atoms with Gasteiger partial charge in [-0.3, -0.25) is 19.7 Å². The minimum Gasteiger partial charge on any atom is -0.507 e. The molecule has 8 nitrogen and oxygen atoms in total. The molecule has 1 aliphatic heterocycles. The number of ketones is 1. The smallest absolute Gasteiger partial charge is 0.295 e. The summed E-state index contributed by atoms with van der Waals surface area (Å²) in [6.45, 7) is 0.611. The highest BCUT2D eigenvalue weighted by Crippen LogP contribution is 2.40. The molecule has 1 N–H and O–H groups in total. The van der Waals surface area contributed by atoms with Crippen LogP contribution >= 0.6 is 0 Å². The van der Waals surface area contributed by atoms with Crippen LogP contribution < -0.4 is 0 Å². The van der Waals surface area contributed by atoms with E-state index in [1.165, 1.54) is 35.2 Å². The van der Waals surface area contributed by atoms with Gasteiger partial charge in [-0.15, -0.1) is 0 Å². The minimum absolute atomic E-state index is 0.164. The number of likely N-dealkylation sites (N-methyl/N-ethyl adjacent to an activating group) is 1. The number of halogens is 1. The number of carbonyl (C=O) groups excluding carboxylic acids is 2. The summed E-state index contributed by atoms with van der Waals surface area (Å²) in [4.78, 5) is 39.3. The molecule has 3 rings (SSSR count). The molecule has 0 bridgehead atoms. The fraction of sp³-hybridized carbons (Fsp3) is 0.238. The Bertz CT molecular complexity index is 1030. The van der Waals surface area contributed by atoms with Crippen LogP contribution in [0.4, 0.5) is 10.1 Å². The zero-order valence-electron chi connectivity index (χ0n) is 16.4. The average Bonchev–Trinajstić information content (AvgIpc) is 2.97. The van der Waals surface area contributed by atoms with Gasteiger partial charge in [0.2, 0.25) is 0 Å². The summed E-state index contributed by atoms with van der Waals surface area (Å²) in [7, 11) is 3.61. The first-order valence-electron chi connectivity index (χ1n) is 9.14. The van der Waals surface area contributed by atoms with Crippen LogP contribution in [0.15, 0.2) is 54.1 Å². The second-order valence-corrected chi connectivity index (χ2v) is 7.15. The Morgan fingerprint density at radius 1 is 1.20 bits per heavy atom. The zero-order chi connectivity index (χ0) is 22.0. The first-order valence-corrected chi connectivity index (χ1v) is 9.14. The number of aliphatic hydroxyl groups is 1. The third-order valence-corrected chi connectivity index (χ3v) is 4.84. The monoisotopic (exact) mass is 413 g/mol. The van der Waals surface area contributed by atoms with Crippen LogP contribution in [0.1, 0.15) is 17.2 Å². The number of hydrogen-bond donors (Lipinski definition) is 1. The Labute approximate surface area is 172 Å². The number of rotatable bonds is 6. The molecule has 9 heteroatoms. The molecule has 1 amide bonds. The van der Waals surface area contributed by atoms with Gasteiger partial charge in [0.1, 0.15) is 11.6 Å². The molecule has 0 radical (unpaired) electrons. The first kappa shape index (κ1) is 21.1. The highest BCUT2D eigenvalue weighted by Gasteiger charge is 2.46. The molecule has 1 heterocycles. The molecule has 2 aromatic carbocycles. The highest BCUT2D eigenvalue weighted by atomic mass is 19.1. The van der Waals surface area contributed by atoms with Crippen LogP contribution in [-0.2, 0) is 9.59 Å². The molecule has 1 atom stereocenters. The lowest BCUT2D eigenvalue weighted by Gasteiger charge is -2.26. The summed E-state index contributed by atoms with van der Waals surface area (Å²) >= 11 is 0. The number of likely N-dealkylation sites (tertiary alicyclic amines) is 1. The standard InChI is InChI=1S/C21H20FN3O5/c1-23(2)10-11-24-18(14-4-3-5-16(12-14)25(29)30)17(20(27)21(24)28)19(26)13-6-8-15(22)9-7-13/h3-9,12,18,26H,10-11H2,1-2H3/b19-17+/t18-/m1/s1. The lowest BCUT2D eigenvalue weighted by Crippen LogP contribution is -2.35. The summed E-state index contributed by atoms with van der Waals surface area (Å²) in [5.41, 5.74) is 0.0987. The van der Waals surface area contributed by atoms with Crippen molar-refractivity contribution in [2.75, 3.05) is 27.2 Å². The van der Waals surface area contributed by atoms with Crippen molar-refractivity contribution in [3.63, 3.8) is 0 Å². The van der Waals surface area contributed by atoms with E-state index in [0.29, 0.717) is 12.1 Å². The van der Waals surface area contributed by atoms with Gasteiger partial charge in [0, 0.05) is 30.8 Å². The fourth-order valence-electron chi connectivity index (χ4n) is 3.34. The normalized spacial score (nSPS) is 18.3. The summed E-state index contributed by atoms with van der Waals surface area (Å²) in [6, 6.07) is 9.42. The number of benzene rings is 2. The number of carbonyl (C=O) groups is 2. The third-order valence-electron chi connectivity index (χ3n) is 4.84. The average molecular weight is 413 g/mol. The van der Waals surface area contributed by atoms with Crippen molar-refractivity contribution in [1.82, 2.24) is 9.80 Å². The summed E-state index contributed by atoms with van der Waals surface area (Å²) < 4.78 is 13.3. The Kier molecular flexibility index (Phi) is 5.93. The maximum Gasteiger partial charge on any atom is 0.295 e. The molecule has 2 aromatic rings. The van der Waals surface area contributed by atoms with Gasteiger partial charge in [-0.05, 0) is 43.9 Å². The molecule has 1 saturated heterocycles. The Hall–Kier alpha value is -3.59. The maximum absolute atomic E-state index is 13.3. The van der Waals surface area contributed by atoms with E-state index < -0.39 is 34.2 Å². The van der Waals surface area contributed by atoms with Crippen molar-refractivity contribution in [2.45, 2.75) is 6.04 Å². The SMILES string of the molecule is CN(C)CCN1C(=O)C(=O)/C(=C(/O)c2ccc(F)cc2)[C@H]1c1cccc([N+](=O)[O-])c1. The van der Waals surface area contributed by atoms with Crippen LogP contribution in [0.5, 0.6) is 0 Å². The Morgan fingerprint density at radius 3 is 2.47 bits per heavy atom. The number of nitro groups is 1. The van der Waals surface area contributed by atoms with Gasteiger partial charge >= 0.3 is 0 Å². The van der Waals surface area contributed by atoms with E-state index >= 15 is 0 Å². The second-order valence-electron chi connectivity index (χ2n) is 7.15. The lowest BCUT2D eigenvalue weighted by atomic mass is 9.95. The molecule has 30 heavy (non-hydrogen) atoms. The van der Waals surface area contributed by atoms with Gasteiger partial charge in [-0.25, -0.2) is 4.39 Å². The lowest BCUT2D eigenvalue weighted by molar-refractivity contribution is -0.384. The largest absolute Gasteiger partial charge is 0.507 e. The van der Waals surface area contributed by atoms with Crippen LogP contribution in [0.2, 0.25) is 0 Å². The molecule has 156 valence electrons. The number of amides is 1. The van der Waals surface area contributed by atoms with Crippen LogP contribution in [-0.4, -0.2) is 58.7 Å². The van der Waals surface area contributed by atoms with Crippen LogP contribution in [0, 0.1) is 15.9 Å². The molecular weight excluding hydrogens is 393 g/mol. The van der Waals surface area contributed by atoms with E-state index in [0.717, 1.165) is 12.1 Å². The van der Waals surface area contributed by atoms with Crippen LogP contribution in [0.25, 0.3) is 5.76 Å². The summed E-state index contributed by atoms with van der Waals surface area (Å²) in [6.07, 6.45) is 0. The molecular formula is C21H20FN3O5. The Morgan fingerprint density at radius 2 is 1.87 bits per heavy atom. The van der Waals surface area contributed by atoms with Crippen molar-refractivity contribution in [1.29, 1.82) is 0 Å². The molecule has 1 aliphatic rings. The zero-order valence-corrected chi connectivity index (χ0v) is 16.4. The van der Waals surface area contributed by atoms with E-state index in [4.69, 9.17) is 0 Å². The molecule has 0 aliphatic carbocycles. The first-order chi connectivity index (χ1) is 14.2. The molecule has 0 spiro atoms. The number of nitrogens with zero attached hydrogens (tertiary/aromatic N) is 3. The van der Waals surface area contributed by atoms with Gasteiger partial charge in [0.05, 0.1) is 16.5 Å². The van der Waals surface area contributed by atoms with E-state index in [2.05, 4.69) is 0 Å². The molecule has 0 aromatic heterocycles. The Balaban J connectivity index is 2.17. The minimum atomic E-state index is -1.00. The highest BCUT2D eigenvalue weighted by molar-refractivity contribution is 6.46. The van der Waals surface area contributed by atoms with Gasteiger partial charge in [-0.2, -0.15) is 0 Å². The van der Waals surface area contributed by atoms with E-state index in [1.807, 2.05) is 4.90 Å². The van der Waals surface area contributed by atoms with E-state index in [9.17, 15) is 29.2 Å². The topological polar surface area (TPSA) is 104 Å². The third kappa shape index (κ3) is 4.06. The predicted molar refractivity (Wildman–Crippen MR) is 107 cm³/mol. The number of non-ortho nitro benzene ring substituents is 1. The van der Waals surface area contributed by atoms with E-state index in [1.54, 1.807) is 20.2 Å². The molecule has 0 saturated carbocycles. The maximum atomic E-state index is 13.3. The quantitative estimate of drug-likeness (QED) is 0.257. The number of nitro benzene ring substituents is 1. The van der Waals surface area contributed by atoms with E-state index in [-0.39, 0.29) is 23.4 Å².